The first-order valence-corrected chi connectivity index (χ1v) is 20.6. The standard InChI is InChI=1S/C40H78N2O6/c1-4-6-8-10-12-14-16-17-18-19-20-22-24-26-28-30-32-42(36(45)31-29-27-25-23-21-15-13-11-9-7-5-2)40-37(41-34(3)44)39(47)38(46)35(33-43)48-40/h35,37-40,43,46-47H,4-33H2,1-3H3,(H,41,44)/t35-,37-,38-,39-,40?/m1/s1. The van der Waals surface area contributed by atoms with E-state index in [-0.39, 0.29) is 11.8 Å². The van der Waals surface area contributed by atoms with E-state index in [0.29, 0.717) is 13.0 Å². The zero-order valence-corrected chi connectivity index (χ0v) is 31.6. The summed E-state index contributed by atoms with van der Waals surface area (Å²) in [5, 5.41) is 33.9. The molecule has 5 atom stereocenters. The molecule has 1 unspecified atom stereocenters. The summed E-state index contributed by atoms with van der Waals surface area (Å²) in [4.78, 5) is 27.3. The molecule has 1 fully saturated rings. The lowest BCUT2D eigenvalue weighted by Crippen LogP contribution is -2.68. The van der Waals surface area contributed by atoms with E-state index >= 15 is 0 Å². The van der Waals surface area contributed by atoms with Gasteiger partial charge in [0.1, 0.15) is 24.4 Å². The lowest BCUT2D eigenvalue weighted by Gasteiger charge is -2.46. The third-order valence-electron chi connectivity index (χ3n) is 10.1. The molecule has 0 spiro atoms. The zero-order chi connectivity index (χ0) is 35.2. The van der Waals surface area contributed by atoms with Gasteiger partial charge in [0, 0.05) is 19.9 Å². The van der Waals surface area contributed by atoms with E-state index in [4.69, 9.17) is 4.74 Å². The van der Waals surface area contributed by atoms with E-state index in [1.807, 2.05) is 0 Å². The Kier molecular flexibility index (Phi) is 28.6. The molecule has 1 heterocycles. The summed E-state index contributed by atoms with van der Waals surface area (Å²) in [6.45, 7) is 5.83. The first kappa shape index (κ1) is 44.8. The first-order valence-electron chi connectivity index (χ1n) is 20.6. The molecule has 48 heavy (non-hydrogen) atoms. The van der Waals surface area contributed by atoms with Crippen molar-refractivity contribution in [2.75, 3.05) is 13.2 Å². The number of amides is 2. The van der Waals surface area contributed by atoms with Crippen molar-refractivity contribution < 1.29 is 29.6 Å². The van der Waals surface area contributed by atoms with Crippen LogP contribution in [-0.2, 0) is 14.3 Å². The topological polar surface area (TPSA) is 119 Å². The Hall–Kier alpha value is -1.22. The minimum atomic E-state index is -1.36. The van der Waals surface area contributed by atoms with E-state index in [0.717, 1.165) is 38.5 Å². The number of nitrogens with one attached hydrogen (secondary N) is 1. The minimum absolute atomic E-state index is 0.0625. The third-order valence-corrected chi connectivity index (χ3v) is 10.1. The Bertz CT molecular complexity index is 768. The minimum Gasteiger partial charge on any atom is -0.394 e. The van der Waals surface area contributed by atoms with Gasteiger partial charge in [-0.05, 0) is 12.8 Å². The Balaban J connectivity index is 2.49. The van der Waals surface area contributed by atoms with Crippen LogP contribution in [0, 0.1) is 0 Å². The highest BCUT2D eigenvalue weighted by atomic mass is 16.5. The lowest BCUT2D eigenvalue weighted by atomic mass is 9.94. The predicted octanol–water partition coefficient (Wildman–Crippen LogP) is 8.72. The second-order valence-electron chi connectivity index (χ2n) is 14.6. The van der Waals surface area contributed by atoms with Gasteiger partial charge in [-0.1, -0.05) is 174 Å². The molecule has 0 bridgehead atoms. The molecule has 284 valence electrons. The van der Waals surface area contributed by atoms with Gasteiger partial charge < -0.3 is 30.3 Å². The van der Waals surface area contributed by atoms with Crippen molar-refractivity contribution in [1.29, 1.82) is 0 Å². The predicted molar refractivity (Wildman–Crippen MR) is 198 cm³/mol. The molecular weight excluding hydrogens is 604 g/mol. The second-order valence-corrected chi connectivity index (χ2v) is 14.6. The molecule has 8 heteroatoms. The van der Waals surface area contributed by atoms with Crippen LogP contribution in [-0.4, -0.2) is 75.8 Å². The number of nitrogens with zero attached hydrogens (tertiary/aromatic N) is 1. The third kappa shape index (κ3) is 21.1. The lowest BCUT2D eigenvalue weighted by molar-refractivity contribution is -0.231. The van der Waals surface area contributed by atoms with Crippen LogP contribution in [0.5, 0.6) is 0 Å². The summed E-state index contributed by atoms with van der Waals surface area (Å²) in [6.07, 6.45) is 29.3. The van der Waals surface area contributed by atoms with Crippen LogP contribution in [0.1, 0.15) is 201 Å². The van der Waals surface area contributed by atoms with Crippen molar-refractivity contribution in [3.8, 4) is 0 Å². The van der Waals surface area contributed by atoms with Gasteiger partial charge in [0.15, 0.2) is 6.23 Å². The molecule has 1 aliphatic heterocycles. The molecule has 0 saturated carbocycles. The molecule has 8 nitrogen and oxygen atoms in total. The number of carbonyl (C=O) groups excluding carboxylic acids is 2. The Morgan fingerprint density at radius 2 is 0.958 bits per heavy atom. The molecule has 4 N–H and O–H groups in total. The number of hydrogen-bond donors (Lipinski definition) is 4. The number of aliphatic hydroxyl groups excluding tert-OH is 3. The number of ether oxygens (including phenoxy) is 1. The molecule has 1 rings (SSSR count). The molecule has 0 aromatic rings. The van der Waals surface area contributed by atoms with Crippen LogP contribution >= 0.6 is 0 Å². The highest BCUT2D eigenvalue weighted by Crippen LogP contribution is 2.26. The summed E-state index contributed by atoms with van der Waals surface area (Å²) in [6, 6.07) is -0.970. The maximum Gasteiger partial charge on any atom is 0.224 e. The summed E-state index contributed by atoms with van der Waals surface area (Å²) in [5.41, 5.74) is 0. The SMILES string of the molecule is CCCCCCCCCCCCCCCCCCN(C(=O)CCCCCCCCCCCCC)C1O[C@H](CO)[C@@H](O)[C@H](O)[C@H]1NC(C)=O. The van der Waals surface area contributed by atoms with E-state index in [9.17, 15) is 24.9 Å². The molecule has 1 saturated heterocycles. The van der Waals surface area contributed by atoms with E-state index < -0.39 is 37.2 Å². The normalized spacial score (nSPS) is 21.0. The monoisotopic (exact) mass is 683 g/mol. The number of hydrogen-bond acceptors (Lipinski definition) is 6. The molecule has 0 aromatic carbocycles. The number of aliphatic hydroxyl groups is 3. The Labute approximate surface area is 295 Å². The quantitative estimate of drug-likeness (QED) is 0.0527. The Morgan fingerprint density at radius 1 is 0.583 bits per heavy atom. The van der Waals surface area contributed by atoms with Crippen LogP contribution in [0.4, 0.5) is 0 Å². The first-order chi connectivity index (χ1) is 23.4. The summed E-state index contributed by atoms with van der Waals surface area (Å²) < 4.78 is 6.03. The van der Waals surface area contributed by atoms with Crippen molar-refractivity contribution in [2.45, 2.75) is 231 Å². The average Bonchev–Trinajstić information content (AvgIpc) is 3.07. The fourth-order valence-electron chi connectivity index (χ4n) is 7.06. The van der Waals surface area contributed by atoms with Gasteiger partial charge in [-0.25, -0.2) is 0 Å². The van der Waals surface area contributed by atoms with Crippen molar-refractivity contribution in [1.82, 2.24) is 10.2 Å². The van der Waals surface area contributed by atoms with Crippen molar-refractivity contribution >= 4 is 11.8 Å². The van der Waals surface area contributed by atoms with E-state index in [2.05, 4.69) is 19.2 Å². The van der Waals surface area contributed by atoms with Gasteiger partial charge >= 0.3 is 0 Å². The van der Waals surface area contributed by atoms with E-state index in [1.54, 1.807) is 4.90 Å². The Morgan fingerprint density at radius 3 is 1.33 bits per heavy atom. The zero-order valence-electron chi connectivity index (χ0n) is 31.6. The fraction of sp³-hybridized carbons (Fsp3) is 0.950. The van der Waals surface area contributed by atoms with Crippen LogP contribution in [0.25, 0.3) is 0 Å². The van der Waals surface area contributed by atoms with Crippen LogP contribution in [0.15, 0.2) is 0 Å². The molecule has 2 amide bonds. The highest BCUT2D eigenvalue weighted by Gasteiger charge is 2.47. The number of carbonyl (C=O) groups is 2. The maximum atomic E-state index is 13.6. The van der Waals surface area contributed by atoms with E-state index in [1.165, 1.54) is 142 Å². The van der Waals surface area contributed by atoms with Gasteiger partial charge in [0.2, 0.25) is 11.8 Å². The highest BCUT2D eigenvalue weighted by molar-refractivity contribution is 5.77. The van der Waals surface area contributed by atoms with Gasteiger partial charge in [-0.2, -0.15) is 0 Å². The maximum absolute atomic E-state index is 13.6. The van der Waals surface area contributed by atoms with Crippen LogP contribution in [0.2, 0.25) is 0 Å². The van der Waals surface area contributed by atoms with Gasteiger partial charge in [-0.15, -0.1) is 0 Å². The number of rotatable bonds is 32. The molecular formula is C40H78N2O6. The molecule has 0 aromatic heterocycles. The second kappa shape index (κ2) is 30.6. The van der Waals surface area contributed by atoms with Crippen LogP contribution < -0.4 is 5.32 Å². The average molecular weight is 683 g/mol. The fourth-order valence-corrected chi connectivity index (χ4v) is 7.06. The van der Waals surface area contributed by atoms with Crippen LogP contribution in [0.3, 0.4) is 0 Å². The number of unbranched alkanes of at least 4 members (excludes halogenated alkanes) is 25. The summed E-state index contributed by atoms with van der Waals surface area (Å²) >= 11 is 0. The summed E-state index contributed by atoms with van der Waals surface area (Å²) in [7, 11) is 0. The molecule has 1 aliphatic rings. The van der Waals surface area contributed by atoms with Gasteiger partial charge in [0.25, 0.3) is 0 Å². The summed E-state index contributed by atoms with van der Waals surface area (Å²) in [5.74, 6) is -0.435. The van der Waals surface area contributed by atoms with Crippen molar-refractivity contribution in [3.05, 3.63) is 0 Å². The largest absolute Gasteiger partial charge is 0.394 e. The van der Waals surface area contributed by atoms with Crippen molar-refractivity contribution in [3.63, 3.8) is 0 Å². The van der Waals surface area contributed by atoms with Crippen molar-refractivity contribution in [2.24, 2.45) is 0 Å². The molecule has 0 radical (unpaired) electrons. The smallest absolute Gasteiger partial charge is 0.224 e. The molecule has 0 aliphatic carbocycles. The van der Waals surface area contributed by atoms with Gasteiger partial charge in [0.05, 0.1) is 6.61 Å². The van der Waals surface area contributed by atoms with Gasteiger partial charge in [-0.3, -0.25) is 9.59 Å².